The molecule has 1 amide bonds. The number of benzene rings is 2. The molecule has 2 aromatic rings. The molecule has 0 radical (unpaired) electrons. The van der Waals surface area contributed by atoms with Crippen LogP contribution in [-0.4, -0.2) is 19.1 Å². The zero-order chi connectivity index (χ0) is 15.9. The maximum Gasteiger partial charge on any atom is 0.255 e. The standard InChI is InChI=1S/C19H19NO3/c1-13-4-2-3-5-15(13)20-18(21)14-6-7-16-17(10-14)23-12-19(8-9-19)11-22-16/h2-7,10H,8-9,11-12H2,1H3,(H,20,21). The van der Waals surface area contributed by atoms with Crippen molar-refractivity contribution in [3.63, 3.8) is 0 Å². The van der Waals surface area contributed by atoms with Crippen molar-refractivity contribution in [2.75, 3.05) is 18.5 Å². The molecule has 1 saturated carbocycles. The van der Waals surface area contributed by atoms with Gasteiger partial charge in [0.2, 0.25) is 0 Å². The maximum absolute atomic E-state index is 12.5. The van der Waals surface area contributed by atoms with Gasteiger partial charge in [-0.25, -0.2) is 0 Å². The Morgan fingerprint density at radius 2 is 1.78 bits per heavy atom. The van der Waals surface area contributed by atoms with Crippen LogP contribution in [0.25, 0.3) is 0 Å². The van der Waals surface area contributed by atoms with Crippen molar-refractivity contribution < 1.29 is 14.3 Å². The molecule has 2 aromatic carbocycles. The van der Waals surface area contributed by atoms with E-state index in [1.807, 2.05) is 37.3 Å². The van der Waals surface area contributed by atoms with Gasteiger partial charge < -0.3 is 14.8 Å². The average molecular weight is 309 g/mol. The monoisotopic (exact) mass is 309 g/mol. The van der Waals surface area contributed by atoms with E-state index in [1.165, 1.54) is 0 Å². The van der Waals surface area contributed by atoms with E-state index in [0.717, 1.165) is 29.8 Å². The van der Waals surface area contributed by atoms with Crippen molar-refractivity contribution in [2.45, 2.75) is 19.8 Å². The molecule has 4 heteroatoms. The van der Waals surface area contributed by atoms with Crippen LogP contribution in [-0.2, 0) is 0 Å². The van der Waals surface area contributed by atoms with E-state index in [4.69, 9.17) is 9.47 Å². The lowest BCUT2D eigenvalue weighted by Gasteiger charge is -2.11. The average Bonchev–Trinajstić information content (AvgIpc) is 3.36. The quantitative estimate of drug-likeness (QED) is 0.918. The molecule has 1 aliphatic heterocycles. The minimum absolute atomic E-state index is 0.143. The first-order chi connectivity index (χ1) is 11.2. The summed E-state index contributed by atoms with van der Waals surface area (Å²) < 4.78 is 11.7. The van der Waals surface area contributed by atoms with E-state index in [2.05, 4.69) is 5.32 Å². The third-order valence-corrected chi connectivity index (χ3v) is 4.62. The molecule has 0 atom stereocenters. The Balaban J connectivity index is 1.55. The molecule has 23 heavy (non-hydrogen) atoms. The molecule has 1 aliphatic carbocycles. The van der Waals surface area contributed by atoms with Crippen molar-refractivity contribution in [3.05, 3.63) is 53.6 Å². The summed E-state index contributed by atoms with van der Waals surface area (Å²) in [6.45, 7) is 3.34. The van der Waals surface area contributed by atoms with Crippen LogP contribution in [0.1, 0.15) is 28.8 Å². The van der Waals surface area contributed by atoms with E-state index in [0.29, 0.717) is 24.5 Å². The van der Waals surface area contributed by atoms with Crippen LogP contribution in [0.15, 0.2) is 42.5 Å². The Kier molecular flexibility index (Phi) is 3.26. The van der Waals surface area contributed by atoms with Gasteiger partial charge in [-0.1, -0.05) is 18.2 Å². The number of nitrogens with one attached hydrogen (secondary N) is 1. The van der Waals surface area contributed by atoms with Gasteiger partial charge in [0.15, 0.2) is 11.5 Å². The topological polar surface area (TPSA) is 47.6 Å². The first-order valence-electron chi connectivity index (χ1n) is 7.92. The number of para-hydroxylation sites is 1. The Labute approximate surface area is 135 Å². The number of hydrogen-bond donors (Lipinski definition) is 1. The molecule has 4 nitrogen and oxygen atoms in total. The number of fused-ring (bicyclic) bond motifs is 1. The van der Waals surface area contributed by atoms with Crippen LogP contribution >= 0.6 is 0 Å². The largest absolute Gasteiger partial charge is 0.489 e. The number of aryl methyl sites for hydroxylation is 1. The van der Waals surface area contributed by atoms with Crippen molar-refractivity contribution in [2.24, 2.45) is 5.41 Å². The Morgan fingerprint density at radius 1 is 1.04 bits per heavy atom. The molecule has 0 saturated heterocycles. The highest BCUT2D eigenvalue weighted by atomic mass is 16.5. The summed E-state index contributed by atoms with van der Waals surface area (Å²) in [4.78, 5) is 12.5. The molecule has 1 fully saturated rings. The molecular weight excluding hydrogens is 290 g/mol. The third kappa shape index (κ3) is 2.77. The van der Waals surface area contributed by atoms with E-state index in [9.17, 15) is 4.79 Å². The molecule has 0 unspecified atom stereocenters. The molecule has 0 bridgehead atoms. The predicted octanol–water partition coefficient (Wildman–Crippen LogP) is 3.80. The number of hydrogen-bond acceptors (Lipinski definition) is 3. The number of ether oxygens (including phenoxy) is 2. The first-order valence-corrected chi connectivity index (χ1v) is 7.92. The van der Waals surface area contributed by atoms with Crippen molar-refractivity contribution in [3.8, 4) is 11.5 Å². The van der Waals surface area contributed by atoms with E-state index < -0.39 is 0 Å². The normalized spacial score (nSPS) is 17.4. The number of rotatable bonds is 2. The van der Waals surface area contributed by atoms with Gasteiger partial charge in [0.05, 0.1) is 13.2 Å². The fourth-order valence-corrected chi connectivity index (χ4v) is 2.76. The number of anilines is 1. The molecule has 1 heterocycles. The van der Waals surface area contributed by atoms with E-state index in [-0.39, 0.29) is 11.3 Å². The van der Waals surface area contributed by atoms with Crippen LogP contribution < -0.4 is 14.8 Å². The second kappa shape index (κ2) is 5.30. The second-order valence-electron chi connectivity index (χ2n) is 6.51. The Hall–Kier alpha value is -2.49. The van der Waals surface area contributed by atoms with E-state index in [1.54, 1.807) is 12.1 Å². The molecule has 2 aliphatic rings. The van der Waals surface area contributed by atoms with E-state index >= 15 is 0 Å². The summed E-state index contributed by atoms with van der Waals surface area (Å²) in [6.07, 6.45) is 2.31. The minimum Gasteiger partial charge on any atom is -0.489 e. The minimum atomic E-state index is -0.143. The van der Waals surface area contributed by atoms with Crippen LogP contribution in [0.3, 0.4) is 0 Å². The van der Waals surface area contributed by atoms with Gasteiger partial charge >= 0.3 is 0 Å². The van der Waals surface area contributed by atoms with Crippen LogP contribution in [0.5, 0.6) is 11.5 Å². The molecule has 0 aromatic heterocycles. The third-order valence-electron chi connectivity index (χ3n) is 4.62. The maximum atomic E-state index is 12.5. The number of carbonyl (C=O) groups is 1. The van der Waals surface area contributed by atoms with Crippen molar-refractivity contribution >= 4 is 11.6 Å². The smallest absolute Gasteiger partial charge is 0.255 e. The lowest BCUT2D eigenvalue weighted by Crippen LogP contribution is -2.17. The lowest BCUT2D eigenvalue weighted by atomic mass is 10.1. The predicted molar refractivity (Wildman–Crippen MR) is 88.2 cm³/mol. The SMILES string of the molecule is Cc1ccccc1NC(=O)c1ccc2c(c1)OCC1(CC1)CO2. The molecular formula is C19H19NO3. The summed E-state index contributed by atoms with van der Waals surface area (Å²) in [5, 5.41) is 2.94. The molecule has 4 rings (SSSR count). The van der Waals surface area contributed by atoms with Crippen LogP contribution in [0, 0.1) is 12.3 Å². The van der Waals surface area contributed by atoms with Crippen molar-refractivity contribution in [1.82, 2.24) is 0 Å². The summed E-state index contributed by atoms with van der Waals surface area (Å²) in [5.41, 5.74) is 2.62. The summed E-state index contributed by atoms with van der Waals surface area (Å²) >= 11 is 0. The molecule has 1 spiro atoms. The van der Waals surface area contributed by atoms with Gasteiger partial charge in [0, 0.05) is 16.7 Å². The second-order valence-corrected chi connectivity index (χ2v) is 6.51. The highest BCUT2D eigenvalue weighted by molar-refractivity contribution is 6.05. The zero-order valence-corrected chi connectivity index (χ0v) is 13.1. The lowest BCUT2D eigenvalue weighted by molar-refractivity contribution is 0.102. The number of carbonyl (C=O) groups excluding carboxylic acids is 1. The molecule has 1 N–H and O–H groups in total. The Bertz CT molecular complexity index is 765. The summed E-state index contributed by atoms with van der Waals surface area (Å²) in [6, 6.07) is 13.1. The van der Waals surface area contributed by atoms with Crippen molar-refractivity contribution in [1.29, 1.82) is 0 Å². The summed E-state index contributed by atoms with van der Waals surface area (Å²) in [7, 11) is 0. The fraction of sp³-hybridized carbons (Fsp3) is 0.316. The van der Waals surface area contributed by atoms with Gasteiger partial charge in [0.25, 0.3) is 5.91 Å². The zero-order valence-electron chi connectivity index (χ0n) is 13.1. The summed E-state index contributed by atoms with van der Waals surface area (Å²) in [5.74, 6) is 1.24. The first kappa shape index (κ1) is 14.1. The van der Waals surface area contributed by atoms with Gasteiger partial charge in [-0.15, -0.1) is 0 Å². The van der Waals surface area contributed by atoms with Gasteiger partial charge in [-0.3, -0.25) is 4.79 Å². The molecule has 118 valence electrons. The highest BCUT2D eigenvalue weighted by Gasteiger charge is 2.46. The fourth-order valence-electron chi connectivity index (χ4n) is 2.76. The Morgan fingerprint density at radius 3 is 2.52 bits per heavy atom. The number of amides is 1. The van der Waals surface area contributed by atoms with Crippen LogP contribution in [0.2, 0.25) is 0 Å². The van der Waals surface area contributed by atoms with Crippen LogP contribution in [0.4, 0.5) is 5.69 Å². The van der Waals surface area contributed by atoms with Gasteiger partial charge in [-0.05, 0) is 49.6 Å². The highest BCUT2D eigenvalue weighted by Crippen LogP contribution is 2.49. The van der Waals surface area contributed by atoms with Gasteiger partial charge in [0.1, 0.15) is 0 Å². The van der Waals surface area contributed by atoms with Gasteiger partial charge in [-0.2, -0.15) is 0 Å².